The fourth-order valence-corrected chi connectivity index (χ4v) is 11.3. The zero-order valence-electron chi connectivity index (χ0n) is 34.7. The standard InChI is InChI=1S/C59H36N4O/c1-35-34-49(54-42-26-12-17-31-50(42)64-55(54)51(35)58-61-56(36-18-4-2-5-19-36)60-57(62-58)37-20-6-3-7-21-37)63-47-30-16-11-25-41(47)53-48(63)33-32-46-52(53)40-24-10-15-29-45(40)59(46)43-27-13-8-22-38(43)39-23-9-14-28-44(39)59/h2-34H,1H3. The van der Waals surface area contributed by atoms with E-state index in [9.17, 15) is 0 Å². The lowest BCUT2D eigenvalue weighted by atomic mass is 9.70. The molecule has 5 heteroatoms. The number of para-hydroxylation sites is 2. The van der Waals surface area contributed by atoms with Crippen molar-refractivity contribution in [1.82, 2.24) is 19.5 Å². The van der Waals surface area contributed by atoms with Gasteiger partial charge in [0.05, 0.1) is 33.1 Å². The van der Waals surface area contributed by atoms with Gasteiger partial charge in [0.2, 0.25) is 0 Å². The molecule has 0 N–H and O–H groups in total. The van der Waals surface area contributed by atoms with Crippen LogP contribution >= 0.6 is 0 Å². The molecule has 3 heterocycles. The molecule has 14 rings (SSSR count). The van der Waals surface area contributed by atoms with E-state index >= 15 is 0 Å². The molecule has 12 aromatic rings. The number of aromatic nitrogens is 4. The number of aryl methyl sites for hydroxylation is 1. The number of hydrogen-bond acceptors (Lipinski definition) is 4. The van der Waals surface area contributed by atoms with Crippen LogP contribution in [0.4, 0.5) is 0 Å². The van der Waals surface area contributed by atoms with Crippen LogP contribution in [-0.2, 0) is 5.41 Å². The van der Waals surface area contributed by atoms with Gasteiger partial charge in [-0.15, -0.1) is 0 Å². The summed E-state index contributed by atoms with van der Waals surface area (Å²) in [6.45, 7) is 2.15. The summed E-state index contributed by atoms with van der Waals surface area (Å²) in [7, 11) is 0. The van der Waals surface area contributed by atoms with E-state index in [1.165, 1.54) is 55.3 Å². The molecule has 0 radical (unpaired) electrons. The lowest BCUT2D eigenvalue weighted by Crippen LogP contribution is -2.25. The van der Waals surface area contributed by atoms with Crippen LogP contribution in [0.3, 0.4) is 0 Å². The molecule has 2 aliphatic rings. The first kappa shape index (κ1) is 35.2. The first-order chi connectivity index (χ1) is 31.7. The van der Waals surface area contributed by atoms with Crippen LogP contribution in [0.1, 0.15) is 27.8 Å². The van der Waals surface area contributed by atoms with E-state index in [0.29, 0.717) is 17.5 Å². The molecule has 0 amide bonds. The Labute approximate surface area is 368 Å². The summed E-state index contributed by atoms with van der Waals surface area (Å²) >= 11 is 0. The average molecular weight is 817 g/mol. The highest BCUT2D eigenvalue weighted by Gasteiger charge is 2.52. The van der Waals surface area contributed by atoms with Gasteiger partial charge in [-0.1, -0.05) is 176 Å². The number of fused-ring (bicyclic) bond motifs is 17. The van der Waals surface area contributed by atoms with Gasteiger partial charge in [0.1, 0.15) is 11.2 Å². The summed E-state index contributed by atoms with van der Waals surface area (Å²) in [5.74, 6) is 1.79. The van der Waals surface area contributed by atoms with Gasteiger partial charge in [-0.2, -0.15) is 0 Å². The maximum atomic E-state index is 7.01. The molecule has 5 nitrogen and oxygen atoms in total. The highest BCUT2D eigenvalue weighted by atomic mass is 16.3. The van der Waals surface area contributed by atoms with Gasteiger partial charge in [-0.05, 0) is 81.3 Å². The lowest BCUT2D eigenvalue weighted by molar-refractivity contribution is 0.669. The van der Waals surface area contributed by atoms with E-state index in [1.54, 1.807) is 0 Å². The van der Waals surface area contributed by atoms with E-state index in [2.05, 4.69) is 145 Å². The van der Waals surface area contributed by atoms with Gasteiger partial charge >= 0.3 is 0 Å². The van der Waals surface area contributed by atoms with Crippen molar-refractivity contribution >= 4 is 43.7 Å². The van der Waals surface area contributed by atoms with Crippen LogP contribution in [0, 0.1) is 6.92 Å². The molecule has 64 heavy (non-hydrogen) atoms. The zero-order valence-corrected chi connectivity index (χ0v) is 34.7. The Kier molecular flexibility index (Phi) is 7.18. The van der Waals surface area contributed by atoms with Crippen LogP contribution in [0.2, 0.25) is 0 Å². The Bertz CT molecular complexity index is 3810. The second-order valence-electron chi connectivity index (χ2n) is 17.0. The summed E-state index contributed by atoms with van der Waals surface area (Å²) in [5, 5.41) is 4.50. The molecule has 0 saturated heterocycles. The molecular formula is C59H36N4O. The molecule has 1 spiro atoms. The van der Waals surface area contributed by atoms with Crippen LogP contribution in [0.15, 0.2) is 205 Å². The van der Waals surface area contributed by atoms with Crippen molar-refractivity contribution in [3.63, 3.8) is 0 Å². The topological polar surface area (TPSA) is 56.7 Å². The number of nitrogens with zero attached hydrogens (tertiary/aromatic N) is 4. The minimum atomic E-state index is -0.440. The van der Waals surface area contributed by atoms with E-state index < -0.39 is 5.41 Å². The molecule has 0 bridgehead atoms. The molecule has 0 saturated carbocycles. The molecule has 0 fully saturated rings. The number of benzene rings is 9. The van der Waals surface area contributed by atoms with Crippen LogP contribution < -0.4 is 0 Å². The smallest absolute Gasteiger partial charge is 0.168 e. The van der Waals surface area contributed by atoms with Gasteiger partial charge in [-0.3, -0.25) is 0 Å². The second-order valence-corrected chi connectivity index (χ2v) is 17.0. The van der Waals surface area contributed by atoms with Crippen LogP contribution in [0.5, 0.6) is 0 Å². The van der Waals surface area contributed by atoms with Crippen molar-refractivity contribution in [2.45, 2.75) is 12.3 Å². The third-order valence-electron chi connectivity index (χ3n) is 13.8. The Morgan fingerprint density at radius 1 is 0.422 bits per heavy atom. The summed E-state index contributed by atoms with van der Waals surface area (Å²) in [6.07, 6.45) is 0. The number of furan rings is 1. The number of rotatable bonds is 4. The summed E-state index contributed by atoms with van der Waals surface area (Å²) in [4.78, 5) is 15.4. The number of hydrogen-bond donors (Lipinski definition) is 0. The van der Waals surface area contributed by atoms with E-state index in [1.807, 2.05) is 66.7 Å². The highest BCUT2D eigenvalue weighted by Crippen LogP contribution is 2.64. The lowest BCUT2D eigenvalue weighted by Gasteiger charge is -2.30. The van der Waals surface area contributed by atoms with Gasteiger partial charge in [-0.25, -0.2) is 15.0 Å². The minimum Gasteiger partial charge on any atom is -0.455 e. The maximum absolute atomic E-state index is 7.01. The Morgan fingerprint density at radius 2 is 0.953 bits per heavy atom. The first-order valence-electron chi connectivity index (χ1n) is 21.9. The van der Waals surface area contributed by atoms with Gasteiger partial charge in [0.15, 0.2) is 17.5 Å². The predicted molar refractivity (Wildman–Crippen MR) is 259 cm³/mol. The third kappa shape index (κ3) is 4.60. The fourth-order valence-electron chi connectivity index (χ4n) is 11.3. The first-order valence-corrected chi connectivity index (χ1v) is 21.9. The van der Waals surface area contributed by atoms with Crippen molar-refractivity contribution in [2.75, 3.05) is 0 Å². The van der Waals surface area contributed by atoms with Crippen molar-refractivity contribution in [3.05, 3.63) is 228 Å². The predicted octanol–water partition coefficient (Wildman–Crippen LogP) is 14.5. The van der Waals surface area contributed by atoms with Crippen molar-refractivity contribution in [3.8, 4) is 62.1 Å². The average Bonchev–Trinajstić information content (AvgIpc) is 4.08. The van der Waals surface area contributed by atoms with Gasteiger partial charge in [0, 0.05) is 27.3 Å². The molecule has 0 aliphatic heterocycles. The quantitative estimate of drug-likeness (QED) is 0.178. The van der Waals surface area contributed by atoms with E-state index in [0.717, 1.165) is 60.9 Å². The largest absolute Gasteiger partial charge is 0.455 e. The Balaban J connectivity index is 1.08. The normalized spacial score (nSPS) is 13.2. The third-order valence-corrected chi connectivity index (χ3v) is 13.8. The molecule has 0 atom stereocenters. The van der Waals surface area contributed by atoms with Crippen molar-refractivity contribution in [1.29, 1.82) is 0 Å². The van der Waals surface area contributed by atoms with Gasteiger partial charge < -0.3 is 8.98 Å². The maximum Gasteiger partial charge on any atom is 0.168 e. The minimum absolute atomic E-state index is 0.440. The summed E-state index contributed by atoms with van der Waals surface area (Å²) < 4.78 is 9.48. The molecule has 0 unspecified atom stereocenters. The van der Waals surface area contributed by atoms with E-state index in [-0.39, 0.29) is 0 Å². The summed E-state index contributed by atoms with van der Waals surface area (Å²) in [6, 6.07) is 71.7. The fraction of sp³-hybridized carbons (Fsp3) is 0.0339. The van der Waals surface area contributed by atoms with Crippen LogP contribution in [-0.4, -0.2) is 19.5 Å². The molecule has 2 aliphatic carbocycles. The Morgan fingerprint density at radius 3 is 1.62 bits per heavy atom. The highest BCUT2D eigenvalue weighted by molar-refractivity contribution is 6.21. The zero-order chi connectivity index (χ0) is 42.1. The monoisotopic (exact) mass is 816 g/mol. The molecule has 298 valence electrons. The van der Waals surface area contributed by atoms with Gasteiger partial charge in [0.25, 0.3) is 0 Å². The van der Waals surface area contributed by atoms with Crippen LogP contribution in [0.25, 0.3) is 106 Å². The van der Waals surface area contributed by atoms with E-state index in [4.69, 9.17) is 19.4 Å². The van der Waals surface area contributed by atoms with Crippen molar-refractivity contribution < 1.29 is 4.42 Å². The molecular weight excluding hydrogens is 781 g/mol. The van der Waals surface area contributed by atoms with Crippen molar-refractivity contribution in [2.24, 2.45) is 0 Å². The summed E-state index contributed by atoms with van der Waals surface area (Å²) in [5.41, 5.74) is 18.6. The molecule has 3 aromatic heterocycles. The molecule has 9 aromatic carbocycles. The second kappa shape index (κ2) is 13.1. The Hall–Kier alpha value is -8.41. The SMILES string of the molecule is Cc1cc(-n2c3ccccc3c3c4c(ccc32)C2(c3ccccc3-c3ccccc32)c2ccccc2-4)c2c(oc3ccccc32)c1-c1nc(-c2ccccc2)nc(-c2ccccc2)n1.